The number of anilines is 1. The summed E-state index contributed by atoms with van der Waals surface area (Å²) in [7, 11) is -3.55. The van der Waals surface area contributed by atoms with E-state index in [1.54, 1.807) is 12.1 Å². The Morgan fingerprint density at radius 3 is 2.61 bits per heavy atom. The molecule has 0 radical (unpaired) electrons. The number of carbonyl (C=O) groups is 1. The number of hydrogen-bond acceptors (Lipinski definition) is 4. The molecule has 2 aromatic carbocycles. The maximum Gasteiger partial charge on any atom is 0.263 e. The van der Waals surface area contributed by atoms with E-state index < -0.39 is 16.1 Å². The highest BCUT2D eigenvalue weighted by atomic mass is 32.2. The Kier molecular flexibility index (Phi) is 5.97. The second-order valence-electron chi connectivity index (χ2n) is 8.58. The first-order valence-electron chi connectivity index (χ1n) is 10.9. The van der Waals surface area contributed by atoms with Crippen LogP contribution < -0.4 is 14.4 Å². The Morgan fingerprint density at radius 1 is 1.16 bits per heavy atom. The van der Waals surface area contributed by atoms with Crippen molar-refractivity contribution in [3.63, 3.8) is 0 Å². The predicted octanol–water partition coefficient (Wildman–Crippen LogP) is 3.67. The molecule has 0 unspecified atom stereocenters. The van der Waals surface area contributed by atoms with Crippen LogP contribution in [0, 0.1) is 6.92 Å². The van der Waals surface area contributed by atoms with Crippen LogP contribution in [0.25, 0.3) is 0 Å². The first-order chi connectivity index (χ1) is 14.8. The van der Waals surface area contributed by atoms with Crippen molar-refractivity contribution < 1.29 is 17.9 Å². The number of hydrogen-bond donors (Lipinski definition) is 1. The van der Waals surface area contributed by atoms with Gasteiger partial charge in [-0.3, -0.25) is 9.10 Å². The monoisotopic (exact) mass is 442 g/mol. The minimum absolute atomic E-state index is 0.0399. The second-order valence-corrected chi connectivity index (χ2v) is 10.5. The van der Waals surface area contributed by atoms with Crippen molar-refractivity contribution in [3.8, 4) is 5.75 Å². The van der Waals surface area contributed by atoms with Crippen LogP contribution in [0.1, 0.15) is 54.5 Å². The van der Waals surface area contributed by atoms with Gasteiger partial charge in [-0.15, -0.1) is 0 Å². The van der Waals surface area contributed by atoms with Crippen molar-refractivity contribution in [1.29, 1.82) is 0 Å². The molecule has 166 valence electrons. The fourth-order valence-corrected chi connectivity index (χ4v) is 5.37. The van der Waals surface area contributed by atoms with E-state index in [2.05, 4.69) is 23.5 Å². The average molecular weight is 443 g/mol. The summed E-state index contributed by atoms with van der Waals surface area (Å²) in [4.78, 5) is 13.1. The van der Waals surface area contributed by atoms with Gasteiger partial charge in [0.05, 0.1) is 24.5 Å². The third kappa shape index (κ3) is 4.56. The molecule has 2 aromatic rings. The van der Waals surface area contributed by atoms with Crippen LogP contribution in [-0.2, 0) is 27.7 Å². The third-order valence-corrected chi connectivity index (χ3v) is 7.32. The third-order valence-electron chi connectivity index (χ3n) is 6.18. The topological polar surface area (TPSA) is 75.7 Å². The molecule has 0 fully saturated rings. The summed E-state index contributed by atoms with van der Waals surface area (Å²) in [6.07, 6.45) is 5.63. The number of rotatable bonds is 5. The van der Waals surface area contributed by atoms with E-state index in [0.29, 0.717) is 11.4 Å². The lowest BCUT2D eigenvalue weighted by Gasteiger charge is -2.34. The van der Waals surface area contributed by atoms with Gasteiger partial charge < -0.3 is 10.1 Å². The Labute approximate surface area is 184 Å². The van der Waals surface area contributed by atoms with Crippen LogP contribution in [0.15, 0.2) is 36.4 Å². The molecule has 0 bridgehead atoms. The molecule has 0 aromatic heterocycles. The number of ether oxygens (including phenoxy) is 1. The number of amides is 1. The first-order valence-corrected chi connectivity index (χ1v) is 12.8. The number of carbonyl (C=O) groups excluding carboxylic acids is 1. The molecule has 1 aliphatic heterocycles. The van der Waals surface area contributed by atoms with Gasteiger partial charge in [0.2, 0.25) is 10.0 Å². The van der Waals surface area contributed by atoms with Crippen LogP contribution in [-0.4, -0.2) is 33.2 Å². The van der Waals surface area contributed by atoms with Crippen molar-refractivity contribution in [2.75, 3.05) is 17.1 Å². The van der Waals surface area contributed by atoms with Crippen molar-refractivity contribution in [2.24, 2.45) is 0 Å². The van der Waals surface area contributed by atoms with Gasteiger partial charge in [-0.2, -0.15) is 0 Å². The quantitative estimate of drug-likeness (QED) is 0.767. The van der Waals surface area contributed by atoms with E-state index in [4.69, 9.17) is 4.74 Å². The standard InChI is InChI=1S/C24H30N2O4S/c1-4-20(19-11-10-17-7-5-6-8-18(17)14-19)25-24(27)23-15-26(31(3,28)29)21-13-16(2)9-12-22(21)30-23/h9-14,20,23H,4-8,15H2,1-3H3,(H,25,27)/t20-,23-/m1/s1. The maximum absolute atomic E-state index is 13.1. The van der Waals surface area contributed by atoms with E-state index in [0.717, 1.165) is 36.6 Å². The number of sulfonamides is 1. The highest BCUT2D eigenvalue weighted by molar-refractivity contribution is 7.92. The Morgan fingerprint density at radius 2 is 1.90 bits per heavy atom. The molecule has 2 aliphatic rings. The lowest BCUT2D eigenvalue weighted by atomic mass is 9.88. The smallest absolute Gasteiger partial charge is 0.263 e. The number of aryl methyl sites for hydroxylation is 3. The van der Waals surface area contributed by atoms with Crippen molar-refractivity contribution in [2.45, 2.75) is 58.1 Å². The van der Waals surface area contributed by atoms with E-state index in [9.17, 15) is 13.2 Å². The highest BCUT2D eigenvalue weighted by Crippen LogP contribution is 2.36. The predicted molar refractivity (Wildman–Crippen MR) is 122 cm³/mol. The zero-order valence-electron chi connectivity index (χ0n) is 18.3. The molecule has 4 rings (SSSR count). The minimum atomic E-state index is -3.55. The van der Waals surface area contributed by atoms with Crippen LogP contribution in [0.3, 0.4) is 0 Å². The van der Waals surface area contributed by atoms with Gasteiger partial charge in [-0.25, -0.2) is 8.42 Å². The van der Waals surface area contributed by atoms with E-state index >= 15 is 0 Å². The van der Waals surface area contributed by atoms with Gasteiger partial charge in [0, 0.05) is 0 Å². The fraction of sp³-hybridized carbons (Fsp3) is 0.458. The number of benzene rings is 2. The zero-order chi connectivity index (χ0) is 22.2. The largest absolute Gasteiger partial charge is 0.476 e. The van der Waals surface area contributed by atoms with Gasteiger partial charge in [0.1, 0.15) is 5.75 Å². The molecule has 1 N–H and O–H groups in total. The molecule has 0 saturated heterocycles. The molecule has 1 aliphatic carbocycles. The Balaban J connectivity index is 1.55. The molecule has 0 saturated carbocycles. The second kappa shape index (κ2) is 8.54. The van der Waals surface area contributed by atoms with Gasteiger partial charge in [0.25, 0.3) is 5.91 Å². The first kappa shape index (κ1) is 21.7. The molecule has 7 heteroatoms. The van der Waals surface area contributed by atoms with E-state index in [-0.39, 0.29) is 18.5 Å². The van der Waals surface area contributed by atoms with Gasteiger partial charge in [-0.1, -0.05) is 31.2 Å². The van der Waals surface area contributed by atoms with Gasteiger partial charge >= 0.3 is 0 Å². The Hall–Kier alpha value is -2.54. The average Bonchev–Trinajstić information content (AvgIpc) is 2.75. The van der Waals surface area contributed by atoms with Gasteiger partial charge in [-0.05, 0) is 73.4 Å². The molecule has 6 nitrogen and oxygen atoms in total. The summed E-state index contributed by atoms with van der Waals surface area (Å²) in [6, 6.07) is 11.7. The molecular weight excluding hydrogens is 412 g/mol. The summed E-state index contributed by atoms with van der Waals surface area (Å²) in [6.45, 7) is 3.89. The summed E-state index contributed by atoms with van der Waals surface area (Å²) >= 11 is 0. The summed E-state index contributed by atoms with van der Waals surface area (Å²) in [5, 5.41) is 3.09. The number of nitrogens with zero attached hydrogens (tertiary/aromatic N) is 1. The van der Waals surface area contributed by atoms with E-state index in [1.807, 2.05) is 19.9 Å². The van der Waals surface area contributed by atoms with Crippen molar-refractivity contribution in [1.82, 2.24) is 5.32 Å². The molecule has 1 amide bonds. The lowest BCUT2D eigenvalue weighted by molar-refractivity contribution is -0.128. The molecule has 31 heavy (non-hydrogen) atoms. The Bertz CT molecular complexity index is 1100. The number of fused-ring (bicyclic) bond motifs is 2. The molecule has 0 spiro atoms. The van der Waals surface area contributed by atoms with Crippen LogP contribution >= 0.6 is 0 Å². The fourth-order valence-electron chi connectivity index (χ4n) is 4.47. The molecule has 2 atom stereocenters. The SMILES string of the molecule is CC[C@@H](NC(=O)[C@H]1CN(S(C)(=O)=O)c2cc(C)ccc2O1)c1ccc2c(c1)CCCC2. The molecular formula is C24H30N2O4S. The summed E-state index contributed by atoms with van der Waals surface area (Å²) in [5.74, 6) is 0.105. The van der Waals surface area contributed by atoms with Crippen LogP contribution in [0.2, 0.25) is 0 Å². The van der Waals surface area contributed by atoms with Crippen LogP contribution in [0.4, 0.5) is 5.69 Å². The van der Waals surface area contributed by atoms with Crippen molar-refractivity contribution in [3.05, 3.63) is 58.7 Å². The van der Waals surface area contributed by atoms with E-state index in [1.165, 1.54) is 28.3 Å². The summed E-state index contributed by atoms with van der Waals surface area (Å²) < 4.78 is 32.0. The molecule has 1 heterocycles. The summed E-state index contributed by atoms with van der Waals surface area (Å²) in [5.41, 5.74) is 5.27. The van der Waals surface area contributed by atoms with Crippen molar-refractivity contribution >= 4 is 21.6 Å². The normalized spacial score (nSPS) is 19.1. The maximum atomic E-state index is 13.1. The van der Waals surface area contributed by atoms with Crippen LogP contribution in [0.5, 0.6) is 5.75 Å². The zero-order valence-corrected chi connectivity index (χ0v) is 19.2. The highest BCUT2D eigenvalue weighted by Gasteiger charge is 2.35. The minimum Gasteiger partial charge on any atom is -0.476 e. The number of nitrogens with one attached hydrogen (secondary N) is 1. The van der Waals surface area contributed by atoms with Gasteiger partial charge in [0.15, 0.2) is 6.10 Å². The lowest BCUT2D eigenvalue weighted by Crippen LogP contribution is -2.51.